The van der Waals surface area contributed by atoms with Crippen LogP contribution in [-0.4, -0.2) is 20.7 Å². The van der Waals surface area contributed by atoms with Gasteiger partial charge in [0.05, 0.1) is 17.8 Å². The summed E-state index contributed by atoms with van der Waals surface area (Å²) in [4.78, 5) is 15.2. The molecule has 0 aliphatic rings. The molecule has 0 spiro atoms. The number of nitrogens with zero attached hydrogens (tertiary/aromatic N) is 2. The second kappa shape index (κ2) is 6.04. The maximum atomic E-state index is 13.9. The van der Waals surface area contributed by atoms with Crippen LogP contribution in [0, 0.1) is 5.82 Å². The molecule has 1 aromatic carbocycles. The lowest BCUT2D eigenvalue weighted by Gasteiger charge is -2.14. The minimum absolute atomic E-state index is 0.156. The van der Waals surface area contributed by atoms with Crippen molar-refractivity contribution in [3.8, 4) is 0 Å². The van der Waals surface area contributed by atoms with Gasteiger partial charge in [-0.3, -0.25) is 9.48 Å². The molecular weight excluding hydrogens is 319 g/mol. The van der Waals surface area contributed by atoms with Crippen molar-refractivity contribution in [2.75, 3.05) is 0 Å². The topological polar surface area (TPSA) is 62.7 Å². The van der Waals surface area contributed by atoms with Gasteiger partial charge in [-0.25, -0.2) is 4.39 Å². The van der Waals surface area contributed by atoms with E-state index in [9.17, 15) is 9.18 Å². The van der Waals surface area contributed by atoms with E-state index in [4.69, 9.17) is 11.6 Å². The lowest BCUT2D eigenvalue weighted by Crippen LogP contribution is -2.28. The van der Waals surface area contributed by atoms with Crippen LogP contribution in [0.3, 0.4) is 0 Å². The van der Waals surface area contributed by atoms with Crippen molar-refractivity contribution in [2.24, 2.45) is 7.05 Å². The van der Waals surface area contributed by atoms with Crippen LogP contribution < -0.4 is 5.32 Å². The van der Waals surface area contributed by atoms with E-state index in [0.717, 1.165) is 12.0 Å². The highest BCUT2D eigenvalue weighted by molar-refractivity contribution is 6.31. The number of carbonyl (C=O) groups excluding carboxylic acids is 1. The molecular formula is C16H16ClFN4O. The molecule has 0 radical (unpaired) electrons. The Balaban J connectivity index is 1.86. The standard InChI is InChI=1S/C16H16ClFN4O/c1-3-13(10-7-19-22(2)8-10)21-16(23)14-5-9-4-11(17)6-12(18)15(9)20-14/h4-8,13,20H,3H2,1-2H3,(H,21,23). The number of halogens is 2. The van der Waals surface area contributed by atoms with Crippen LogP contribution in [0.25, 0.3) is 10.9 Å². The molecule has 0 fully saturated rings. The molecule has 0 aliphatic heterocycles. The number of aryl methyl sites for hydroxylation is 1. The number of amides is 1. The molecule has 2 aromatic heterocycles. The molecule has 2 N–H and O–H groups in total. The zero-order chi connectivity index (χ0) is 16.6. The van der Waals surface area contributed by atoms with E-state index in [-0.39, 0.29) is 17.5 Å². The van der Waals surface area contributed by atoms with Gasteiger partial charge in [0.15, 0.2) is 0 Å². The van der Waals surface area contributed by atoms with Crippen molar-refractivity contribution in [1.82, 2.24) is 20.1 Å². The first-order chi connectivity index (χ1) is 11.0. The van der Waals surface area contributed by atoms with Gasteiger partial charge < -0.3 is 10.3 Å². The largest absolute Gasteiger partial charge is 0.348 e. The van der Waals surface area contributed by atoms with Crippen molar-refractivity contribution in [3.05, 3.63) is 52.7 Å². The summed E-state index contributed by atoms with van der Waals surface area (Å²) in [7, 11) is 1.82. The van der Waals surface area contributed by atoms with Crippen LogP contribution in [-0.2, 0) is 7.05 Å². The summed E-state index contributed by atoms with van der Waals surface area (Å²) in [6, 6.07) is 4.27. The maximum absolute atomic E-state index is 13.9. The van der Waals surface area contributed by atoms with Gasteiger partial charge in [-0.1, -0.05) is 18.5 Å². The highest BCUT2D eigenvalue weighted by atomic mass is 35.5. The predicted molar refractivity (Wildman–Crippen MR) is 87.0 cm³/mol. The van der Waals surface area contributed by atoms with Gasteiger partial charge >= 0.3 is 0 Å². The average molecular weight is 335 g/mol. The summed E-state index contributed by atoms with van der Waals surface area (Å²) in [6.45, 7) is 1.97. The molecule has 3 aromatic rings. The highest BCUT2D eigenvalue weighted by Gasteiger charge is 2.18. The maximum Gasteiger partial charge on any atom is 0.268 e. The Hall–Kier alpha value is -2.34. The normalized spacial score (nSPS) is 12.5. The third kappa shape index (κ3) is 3.07. The third-order valence-corrected chi connectivity index (χ3v) is 3.95. The summed E-state index contributed by atoms with van der Waals surface area (Å²) in [5.74, 6) is -0.779. The summed E-state index contributed by atoms with van der Waals surface area (Å²) < 4.78 is 15.5. The molecule has 3 rings (SSSR count). The Labute approximate surface area is 137 Å². The number of aromatic nitrogens is 3. The van der Waals surface area contributed by atoms with Crippen LogP contribution in [0.5, 0.6) is 0 Å². The van der Waals surface area contributed by atoms with E-state index in [1.54, 1.807) is 23.0 Å². The number of hydrogen-bond acceptors (Lipinski definition) is 2. The van der Waals surface area contributed by atoms with Crippen molar-refractivity contribution in [1.29, 1.82) is 0 Å². The molecule has 7 heteroatoms. The molecule has 23 heavy (non-hydrogen) atoms. The second-order valence-electron chi connectivity index (χ2n) is 5.42. The molecule has 0 saturated carbocycles. The Morgan fingerprint density at radius 3 is 2.91 bits per heavy atom. The van der Waals surface area contributed by atoms with Gasteiger partial charge in [-0.15, -0.1) is 0 Å². The SMILES string of the molecule is CCC(NC(=O)c1cc2cc(Cl)cc(F)c2[nH]1)c1cnn(C)c1. The van der Waals surface area contributed by atoms with Crippen molar-refractivity contribution < 1.29 is 9.18 Å². The first-order valence-electron chi connectivity index (χ1n) is 7.25. The number of benzene rings is 1. The van der Waals surface area contributed by atoms with Gasteiger partial charge in [0.25, 0.3) is 5.91 Å². The fourth-order valence-electron chi connectivity index (χ4n) is 2.56. The summed E-state index contributed by atoms with van der Waals surface area (Å²) in [6.07, 6.45) is 4.30. The van der Waals surface area contributed by atoms with E-state index in [0.29, 0.717) is 16.1 Å². The van der Waals surface area contributed by atoms with Crippen molar-refractivity contribution in [2.45, 2.75) is 19.4 Å². The molecule has 2 heterocycles. The van der Waals surface area contributed by atoms with Crippen LogP contribution in [0.1, 0.15) is 35.4 Å². The monoisotopic (exact) mass is 334 g/mol. The summed E-state index contributed by atoms with van der Waals surface area (Å²) in [5, 5.41) is 7.90. The number of aromatic amines is 1. The Kier molecular flexibility index (Phi) is 4.09. The number of fused-ring (bicyclic) bond motifs is 1. The minimum atomic E-state index is -0.481. The fourth-order valence-corrected chi connectivity index (χ4v) is 2.78. The van der Waals surface area contributed by atoms with Gasteiger partial charge in [-0.05, 0) is 24.6 Å². The Morgan fingerprint density at radius 2 is 2.26 bits per heavy atom. The molecule has 0 aliphatic carbocycles. The lowest BCUT2D eigenvalue weighted by atomic mass is 10.1. The molecule has 5 nitrogen and oxygen atoms in total. The highest BCUT2D eigenvalue weighted by Crippen LogP contribution is 2.24. The Morgan fingerprint density at radius 1 is 1.48 bits per heavy atom. The number of rotatable bonds is 4. The van der Waals surface area contributed by atoms with Crippen molar-refractivity contribution in [3.63, 3.8) is 0 Å². The minimum Gasteiger partial charge on any atom is -0.348 e. The molecule has 1 amide bonds. The molecule has 120 valence electrons. The van der Waals surface area contributed by atoms with E-state index in [1.165, 1.54) is 6.07 Å². The first kappa shape index (κ1) is 15.6. The molecule has 0 bridgehead atoms. The number of nitrogens with one attached hydrogen (secondary N) is 2. The van der Waals surface area contributed by atoms with E-state index >= 15 is 0 Å². The van der Waals surface area contributed by atoms with Crippen LogP contribution in [0.2, 0.25) is 5.02 Å². The quantitative estimate of drug-likeness (QED) is 0.766. The molecule has 1 atom stereocenters. The first-order valence-corrected chi connectivity index (χ1v) is 7.63. The summed E-state index contributed by atoms with van der Waals surface area (Å²) in [5.41, 5.74) is 1.49. The van der Waals surface area contributed by atoms with E-state index in [1.807, 2.05) is 20.2 Å². The smallest absolute Gasteiger partial charge is 0.268 e. The third-order valence-electron chi connectivity index (χ3n) is 3.73. The predicted octanol–water partition coefficient (Wildman–Crippen LogP) is 3.58. The number of H-pyrrole nitrogens is 1. The van der Waals surface area contributed by atoms with Gasteiger partial charge in [0, 0.05) is 29.2 Å². The van der Waals surface area contributed by atoms with Crippen LogP contribution >= 0.6 is 11.6 Å². The zero-order valence-corrected chi connectivity index (χ0v) is 13.5. The lowest BCUT2D eigenvalue weighted by molar-refractivity contribution is 0.0931. The number of carbonyl (C=O) groups is 1. The molecule has 1 unspecified atom stereocenters. The average Bonchev–Trinajstić information content (AvgIpc) is 3.11. The van der Waals surface area contributed by atoms with Crippen LogP contribution in [0.4, 0.5) is 4.39 Å². The Bertz CT molecular complexity index is 870. The van der Waals surface area contributed by atoms with Crippen LogP contribution in [0.15, 0.2) is 30.6 Å². The van der Waals surface area contributed by atoms with E-state index in [2.05, 4.69) is 15.4 Å². The molecule has 0 saturated heterocycles. The van der Waals surface area contributed by atoms with E-state index < -0.39 is 5.82 Å². The fraction of sp³-hybridized carbons (Fsp3) is 0.250. The van der Waals surface area contributed by atoms with Gasteiger partial charge in [0.1, 0.15) is 11.5 Å². The second-order valence-corrected chi connectivity index (χ2v) is 5.85. The number of hydrogen-bond donors (Lipinski definition) is 2. The van der Waals surface area contributed by atoms with Gasteiger partial charge in [-0.2, -0.15) is 5.10 Å². The zero-order valence-electron chi connectivity index (χ0n) is 12.7. The summed E-state index contributed by atoms with van der Waals surface area (Å²) >= 11 is 5.84. The van der Waals surface area contributed by atoms with Crippen molar-refractivity contribution >= 4 is 28.4 Å². The van der Waals surface area contributed by atoms with Gasteiger partial charge in [0.2, 0.25) is 0 Å².